The monoisotopic (exact) mass is 307 g/mol. The van der Waals surface area contributed by atoms with Gasteiger partial charge >= 0.3 is 0 Å². The van der Waals surface area contributed by atoms with E-state index >= 15 is 0 Å². The highest BCUT2D eigenvalue weighted by atomic mass is 16.5. The van der Waals surface area contributed by atoms with Crippen molar-refractivity contribution >= 4 is 5.91 Å². The van der Waals surface area contributed by atoms with Gasteiger partial charge in [0, 0.05) is 25.6 Å². The van der Waals surface area contributed by atoms with E-state index in [4.69, 9.17) is 9.26 Å². The fourth-order valence-electron chi connectivity index (χ4n) is 3.15. The van der Waals surface area contributed by atoms with Gasteiger partial charge in [-0.2, -0.15) is 4.98 Å². The first-order valence-corrected chi connectivity index (χ1v) is 8.43. The number of ether oxygens (including phenoxy) is 1. The summed E-state index contributed by atoms with van der Waals surface area (Å²) < 4.78 is 11.0. The van der Waals surface area contributed by atoms with Crippen molar-refractivity contribution in [1.29, 1.82) is 0 Å². The number of rotatable bonds is 4. The number of hydrogen-bond donors (Lipinski definition) is 0. The molecule has 6 heteroatoms. The molecule has 1 amide bonds. The molecule has 2 aliphatic heterocycles. The van der Waals surface area contributed by atoms with Crippen LogP contribution < -0.4 is 0 Å². The lowest BCUT2D eigenvalue weighted by molar-refractivity contribution is -0.142. The Labute approximate surface area is 131 Å². The molecule has 0 aromatic carbocycles. The largest absolute Gasteiger partial charge is 0.368 e. The second-order valence-electron chi connectivity index (χ2n) is 6.43. The maximum Gasteiger partial charge on any atom is 0.251 e. The lowest BCUT2D eigenvalue weighted by Gasteiger charge is -2.32. The Bertz CT molecular complexity index is 510. The molecule has 122 valence electrons. The minimum Gasteiger partial charge on any atom is -0.368 e. The normalized spacial score (nSPS) is 27.1. The van der Waals surface area contributed by atoms with Crippen molar-refractivity contribution in [3.63, 3.8) is 0 Å². The van der Waals surface area contributed by atoms with Gasteiger partial charge in [-0.15, -0.1) is 0 Å². The van der Waals surface area contributed by atoms with Crippen LogP contribution in [-0.2, 0) is 9.53 Å². The molecule has 1 aromatic rings. The van der Waals surface area contributed by atoms with Gasteiger partial charge in [0.25, 0.3) is 5.91 Å². The Morgan fingerprint density at radius 3 is 3.00 bits per heavy atom. The number of likely N-dealkylation sites (tertiary alicyclic amines) is 1. The Hall–Kier alpha value is -1.43. The number of amides is 1. The van der Waals surface area contributed by atoms with Gasteiger partial charge in [-0.1, -0.05) is 19.0 Å². The van der Waals surface area contributed by atoms with Crippen LogP contribution in [-0.4, -0.2) is 46.7 Å². The fourth-order valence-corrected chi connectivity index (χ4v) is 3.15. The molecule has 6 nitrogen and oxygen atoms in total. The summed E-state index contributed by atoms with van der Waals surface area (Å²) >= 11 is 0. The van der Waals surface area contributed by atoms with Crippen LogP contribution in [0.15, 0.2) is 4.52 Å². The summed E-state index contributed by atoms with van der Waals surface area (Å²) in [5.41, 5.74) is 0. The first-order valence-electron chi connectivity index (χ1n) is 8.43. The number of aromatic nitrogens is 2. The number of carbonyl (C=O) groups is 1. The molecule has 3 atom stereocenters. The third-order valence-electron chi connectivity index (χ3n) is 4.80. The lowest BCUT2D eigenvalue weighted by atomic mass is 9.97. The van der Waals surface area contributed by atoms with E-state index in [-0.39, 0.29) is 17.9 Å². The average molecular weight is 307 g/mol. The first-order chi connectivity index (χ1) is 10.7. The molecule has 0 unspecified atom stereocenters. The van der Waals surface area contributed by atoms with Crippen LogP contribution in [0.25, 0.3) is 0 Å². The number of piperidine rings is 1. The maximum absolute atomic E-state index is 12.5. The van der Waals surface area contributed by atoms with E-state index in [1.54, 1.807) is 0 Å². The molecule has 0 radical (unpaired) electrons. The van der Waals surface area contributed by atoms with Crippen LogP contribution in [0.3, 0.4) is 0 Å². The topological polar surface area (TPSA) is 68.5 Å². The highest BCUT2D eigenvalue weighted by molar-refractivity contribution is 5.81. The SMILES string of the molecule is CC[C@H](C)c1noc([C@H]2CCCN(C(=O)[C@@H]3CCCO3)C2)n1. The van der Waals surface area contributed by atoms with E-state index in [0.717, 1.165) is 44.5 Å². The van der Waals surface area contributed by atoms with Gasteiger partial charge in [0.1, 0.15) is 6.10 Å². The number of nitrogens with zero attached hydrogens (tertiary/aromatic N) is 3. The molecule has 0 saturated carbocycles. The number of carbonyl (C=O) groups excluding carboxylic acids is 1. The molecule has 0 aliphatic carbocycles. The molecule has 2 fully saturated rings. The Morgan fingerprint density at radius 1 is 1.41 bits per heavy atom. The molecule has 22 heavy (non-hydrogen) atoms. The molecule has 2 aliphatic rings. The summed E-state index contributed by atoms with van der Waals surface area (Å²) in [6.07, 6.45) is 4.56. The first kappa shape index (κ1) is 15.5. The molecule has 0 bridgehead atoms. The third-order valence-corrected chi connectivity index (χ3v) is 4.80. The summed E-state index contributed by atoms with van der Waals surface area (Å²) in [4.78, 5) is 18.9. The third kappa shape index (κ3) is 3.16. The second-order valence-corrected chi connectivity index (χ2v) is 6.43. The molecule has 0 spiro atoms. The Morgan fingerprint density at radius 2 is 2.27 bits per heavy atom. The predicted molar refractivity (Wildman–Crippen MR) is 80.5 cm³/mol. The van der Waals surface area contributed by atoms with Crippen molar-refractivity contribution in [2.75, 3.05) is 19.7 Å². The molecular formula is C16H25N3O3. The molecule has 0 N–H and O–H groups in total. The maximum atomic E-state index is 12.5. The average Bonchev–Trinajstić information content (AvgIpc) is 3.25. The van der Waals surface area contributed by atoms with Crippen molar-refractivity contribution < 1.29 is 14.1 Å². The van der Waals surface area contributed by atoms with Crippen LogP contribution in [0.1, 0.15) is 69.5 Å². The van der Waals surface area contributed by atoms with E-state index in [2.05, 4.69) is 24.0 Å². The summed E-state index contributed by atoms with van der Waals surface area (Å²) in [5, 5.41) is 4.10. The second kappa shape index (κ2) is 6.77. The standard InChI is InChI=1S/C16H25N3O3/c1-3-11(2)14-17-15(22-18-14)12-6-4-8-19(10-12)16(20)13-7-5-9-21-13/h11-13H,3-10H2,1-2H3/t11-,12-,13-/m0/s1. The molecule has 3 heterocycles. The van der Waals surface area contributed by atoms with Gasteiger partial charge in [-0.25, -0.2) is 0 Å². The fraction of sp³-hybridized carbons (Fsp3) is 0.812. The van der Waals surface area contributed by atoms with Crippen LogP contribution in [0.2, 0.25) is 0 Å². The smallest absolute Gasteiger partial charge is 0.251 e. The van der Waals surface area contributed by atoms with Crippen LogP contribution in [0, 0.1) is 0 Å². The van der Waals surface area contributed by atoms with E-state index in [1.807, 2.05) is 4.90 Å². The zero-order chi connectivity index (χ0) is 15.5. The Balaban J connectivity index is 1.65. The van der Waals surface area contributed by atoms with Crippen molar-refractivity contribution in [1.82, 2.24) is 15.0 Å². The minimum absolute atomic E-state index is 0.129. The summed E-state index contributed by atoms with van der Waals surface area (Å²) in [6, 6.07) is 0. The highest BCUT2D eigenvalue weighted by Crippen LogP contribution is 2.28. The van der Waals surface area contributed by atoms with E-state index < -0.39 is 0 Å². The van der Waals surface area contributed by atoms with Gasteiger partial charge < -0.3 is 14.2 Å². The molecule has 1 aromatic heterocycles. The molecular weight excluding hydrogens is 282 g/mol. The number of hydrogen-bond acceptors (Lipinski definition) is 5. The van der Waals surface area contributed by atoms with Gasteiger partial charge in [-0.3, -0.25) is 4.79 Å². The van der Waals surface area contributed by atoms with Gasteiger partial charge in [-0.05, 0) is 32.1 Å². The zero-order valence-electron chi connectivity index (χ0n) is 13.5. The van der Waals surface area contributed by atoms with Gasteiger partial charge in [0.2, 0.25) is 5.89 Å². The molecule has 2 saturated heterocycles. The summed E-state index contributed by atoms with van der Waals surface area (Å²) in [6.45, 7) is 6.39. The summed E-state index contributed by atoms with van der Waals surface area (Å²) in [5.74, 6) is 2.05. The highest BCUT2D eigenvalue weighted by Gasteiger charge is 2.33. The zero-order valence-corrected chi connectivity index (χ0v) is 13.5. The Kier molecular flexibility index (Phi) is 4.76. The van der Waals surface area contributed by atoms with Crippen molar-refractivity contribution in [2.24, 2.45) is 0 Å². The van der Waals surface area contributed by atoms with E-state index in [9.17, 15) is 4.79 Å². The predicted octanol–water partition coefficient (Wildman–Crippen LogP) is 2.47. The minimum atomic E-state index is -0.239. The van der Waals surface area contributed by atoms with E-state index in [1.165, 1.54) is 0 Å². The van der Waals surface area contributed by atoms with Crippen molar-refractivity contribution in [2.45, 2.75) is 63.9 Å². The van der Waals surface area contributed by atoms with Gasteiger partial charge in [0.05, 0.1) is 5.92 Å². The van der Waals surface area contributed by atoms with Crippen LogP contribution in [0.5, 0.6) is 0 Å². The van der Waals surface area contributed by atoms with Crippen LogP contribution in [0.4, 0.5) is 0 Å². The van der Waals surface area contributed by atoms with Crippen molar-refractivity contribution in [3.05, 3.63) is 11.7 Å². The lowest BCUT2D eigenvalue weighted by Crippen LogP contribution is -2.44. The summed E-state index contributed by atoms with van der Waals surface area (Å²) in [7, 11) is 0. The van der Waals surface area contributed by atoms with Crippen molar-refractivity contribution in [3.8, 4) is 0 Å². The van der Waals surface area contributed by atoms with Gasteiger partial charge in [0.15, 0.2) is 5.82 Å². The van der Waals surface area contributed by atoms with Crippen LogP contribution >= 0.6 is 0 Å². The molecule has 3 rings (SSSR count). The van der Waals surface area contributed by atoms with E-state index in [0.29, 0.717) is 25.0 Å². The quantitative estimate of drug-likeness (QED) is 0.854.